The zero-order valence-electron chi connectivity index (χ0n) is 50.3. The molecule has 7 amide bonds. The van der Waals surface area contributed by atoms with E-state index in [1.165, 1.54) is 48.2 Å². The number of carbonyl (C=O) groups is 10. The van der Waals surface area contributed by atoms with Crippen LogP contribution in [-0.2, 0) is 60.8 Å². The van der Waals surface area contributed by atoms with Crippen molar-refractivity contribution in [3.63, 3.8) is 0 Å². The molecule has 0 aliphatic carbocycles. The quantitative estimate of drug-likeness (QED) is 0.0118. The Hall–Kier alpha value is -8.24. The Bertz CT molecular complexity index is 2670. The van der Waals surface area contributed by atoms with Gasteiger partial charge in [0.25, 0.3) is 0 Å². The lowest BCUT2D eigenvalue weighted by Gasteiger charge is -2.30. The summed E-state index contributed by atoms with van der Waals surface area (Å²) in [5.74, 6) is -8.76. The first-order valence-electron chi connectivity index (χ1n) is 29.3. The van der Waals surface area contributed by atoms with Crippen molar-refractivity contribution < 1.29 is 58.2 Å². The van der Waals surface area contributed by atoms with E-state index in [4.69, 9.17) is 34.4 Å². The molecule has 0 aromatic heterocycles. The van der Waals surface area contributed by atoms with Crippen LogP contribution in [0.2, 0.25) is 0 Å². The van der Waals surface area contributed by atoms with E-state index in [9.17, 15) is 58.2 Å². The number of unbranched alkanes of at least 4 members (excludes halogenated alkanes) is 1. The van der Waals surface area contributed by atoms with Gasteiger partial charge in [0.2, 0.25) is 52.9 Å². The van der Waals surface area contributed by atoms with Gasteiger partial charge in [-0.05, 0) is 112 Å². The first-order chi connectivity index (χ1) is 40.6. The summed E-state index contributed by atoms with van der Waals surface area (Å²) in [6.45, 7) is 10.6. The third-order valence-electron chi connectivity index (χ3n) is 14.6. The highest BCUT2D eigenvalue weighted by Gasteiger charge is 2.41. The summed E-state index contributed by atoms with van der Waals surface area (Å²) in [6, 6.07) is 0.477. The first-order valence-corrected chi connectivity index (χ1v) is 29.3. The number of hydrogen-bond donors (Lipinski definition) is 15. The predicted octanol–water partition coefficient (Wildman–Crippen LogP) is -1.55. The molecule has 21 N–H and O–H groups in total. The van der Waals surface area contributed by atoms with Gasteiger partial charge in [-0.1, -0.05) is 78.1 Å². The molecule has 1 aliphatic rings. The smallest absolute Gasteiger partial charge is 0.246 e. The van der Waals surface area contributed by atoms with E-state index in [1.54, 1.807) is 19.1 Å². The van der Waals surface area contributed by atoms with Crippen LogP contribution in [0.5, 0.6) is 11.5 Å². The molecular formula is C58H92N16O12. The van der Waals surface area contributed by atoms with Crippen LogP contribution in [0.15, 0.2) is 58.5 Å². The van der Waals surface area contributed by atoms with E-state index in [0.29, 0.717) is 36.8 Å². The average Bonchev–Trinajstić information content (AvgIpc) is 2.60. The second-order valence-corrected chi connectivity index (χ2v) is 22.2. The van der Waals surface area contributed by atoms with Crippen LogP contribution in [0.3, 0.4) is 0 Å². The van der Waals surface area contributed by atoms with Crippen LogP contribution in [-0.4, -0.2) is 160 Å². The van der Waals surface area contributed by atoms with E-state index in [-0.39, 0.29) is 118 Å². The van der Waals surface area contributed by atoms with Crippen molar-refractivity contribution >= 4 is 70.6 Å². The Kier molecular flexibility index (Phi) is 30.6. The number of carbonyl (C=O) groups excluding carboxylic acids is 10. The summed E-state index contributed by atoms with van der Waals surface area (Å²) in [5.41, 5.74) is 40.7. The second-order valence-electron chi connectivity index (χ2n) is 22.2. The lowest BCUT2D eigenvalue weighted by Crippen LogP contribution is -2.61. The van der Waals surface area contributed by atoms with Gasteiger partial charge in [0.1, 0.15) is 41.7 Å². The molecule has 0 bridgehead atoms. The monoisotopic (exact) mass is 1200 g/mol. The number of guanidine groups is 2. The largest absolute Gasteiger partial charge is 0.508 e. The highest BCUT2D eigenvalue weighted by molar-refractivity contribution is 6.41. The number of nitrogens with zero attached hydrogens (tertiary/aromatic N) is 3. The number of benzene rings is 2. The SMILES string of the molecule is CCCC[C@@H](NC(=O)[C@@H]1CCCN1C(=O)[C@H](CC(N)=O)NC(=O)[C@@H](N)[C@@H](C)CC)C(=O)N[C@@H](Cc1ccc(O)cc1)C(=O)C(=O)[C@H](CCCN=C(N)N)NN[C@@H](CC(C)C)C(=O)N[C@@H](CCCN=C(N)N)C(=O)N[C@@H](Cc1ccc(O)cc1)C(C)=O. The van der Waals surface area contributed by atoms with Crippen molar-refractivity contribution in [1.29, 1.82) is 0 Å². The molecule has 2 aromatic rings. The molecule has 1 fully saturated rings. The Morgan fingerprint density at radius 1 is 0.593 bits per heavy atom. The van der Waals surface area contributed by atoms with E-state index in [0.717, 1.165) is 0 Å². The molecule has 10 atom stereocenters. The van der Waals surface area contributed by atoms with E-state index in [1.807, 2.05) is 27.7 Å². The fourth-order valence-corrected chi connectivity index (χ4v) is 9.48. The molecule has 1 heterocycles. The maximum atomic E-state index is 14.8. The number of aliphatic imine (C=N–C) groups is 2. The zero-order chi connectivity index (χ0) is 64.2. The molecule has 86 heavy (non-hydrogen) atoms. The van der Waals surface area contributed by atoms with Crippen LogP contribution in [0.1, 0.15) is 130 Å². The van der Waals surface area contributed by atoms with E-state index in [2.05, 4.69) is 47.4 Å². The Labute approximate surface area is 502 Å². The van der Waals surface area contributed by atoms with Crippen molar-refractivity contribution in [2.75, 3.05) is 19.6 Å². The molecule has 476 valence electrons. The standard InChI is InChI=1S/C58H92N16O12/c1-7-9-13-40(68-54(84)46-16-12-27-74(46)56(86)45(31-47(59)78)71-55(85)48(60)33(5)8-2)52(82)70-43(30-36-19-23-38(77)24-20-36)50(80)49(79)39(14-10-25-65-57(61)62)72-73-44(28-32(3)4)53(83)67-41(15-11-26-66-58(63)64)51(81)69-42(34(6)75)29-35-17-21-37(76)22-18-35/h17-24,32-33,39-46,48,72-73,76-77H,7-16,25-31,60H2,1-6H3,(H2,59,78)(H,67,83)(H,68,84)(H,69,81)(H,70,82)(H,71,85)(H4,61,62,65)(H4,63,64,66)/t33-,39-,40+,41-,42-,43-,44-,45-,46-,48-/m0/s1. The predicted molar refractivity (Wildman–Crippen MR) is 323 cm³/mol. The number of Topliss-reactive ketones (excluding diaryl/α,β-unsaturated/α-hetero) is 3. The zero-order valence-corrected chi connectivity index (χ0v) is 50.3. The Morgan fingerprint density at radius 2 is 1.05 bits per heavy atom. The van der Waals surface area contributed by atoms with Gasteiger partial charge in [0.05, 0.1) is 30.6 Å². The number of amides is 7. The molecule has 0 saturated carbocycles. The Balaban J connectivity index is 1.98. The average molecular weight is 1210 g/mol. The molecular weight excluding hydrogens is 1110 g/mol. The van der Waals surface area contributed by atoms with Crippen molar-refractivity contribution in [1.82, 2.24) is 42.3 Å². The molecule has 0 spiro atoms. The van der Waals surface area contributed by atoms with Gasteiger partial charge in [0.15, 0.2) is 17.7 Å². The van der Waals surface area contributed by atoms with Crippen molar-refractivity contribution in [3.05, 3.63) is 59.7 Å². The van der Waals surface area contributed by atoms with Crippen molar-refractivity contribution in [2.24, 2.45) is 56.2 Å². The van der Waals surface area contributed by atoms with Crippen LogP contribution < -0.4 is 71.8 Å². The summed E-state index contributed by atoms with van der Waals surface area (Å²) < 4.78 is 0. The molecule has 28 heteroatoms. The highest BCUT2D eigenvalue weighted by Crippen LogP contribution is 2.22. The fourth-order valence-electron chi connectivity index (χ4n) is 9.48. The minimum absolute atomic E-state index is 0.0117. The maximum Gasteiger partial charge on any atom is 0.246 e. The van der Waals surface area contributed by atoms with E-state index < -0.39 is 114 Å². The van der Waals surface area contributed by atoms with Gasteiger partial charge >= 0.3 is 0 Å². The number of nitrogens with two attached hydrogens (primary N) is 6. The van der Waals surface area contributed by atoms with Gasteiger partial charge in [-0.3, -0.25) is 57.9 Å². The highest BCUT2D eigenvalue weighted by atomic mass is 16.3. The summed E-state index contributed by atoms with van der Waals surface area (Å²) in [6.07, 6.45) is 1.72. The topological polar surface area (TPSA) is 479 Å². The number of primary amides is 1. The Morgan fingerprint density at radius 3 is 1.55 bits per heavy atom. The minimum atomic E-state index is -1.59. The van der Waals surface area contributed by atoms with Crippen molar-refractivity contribution in [2.45, 2.75) is 186 Å². The number of phenolic OH excluding ortho intramolecular Hbond substituents is 2. The third kappa shape index (κ3) is 24.8. The first kappa shape index (κ1) is 72.0. The summed E-state index contributed by atoms with van der Waals surface area (Å²) >= 11 is 0. The van der Waals surface area contributed by atoms with Gasteiger partial charge < -0.3 is 76.1 Å². The van der Waals surface area contributed by atoms with Crippen molar-refractivity contribution in [3.8, 4) is 11.5 Å². The van der Waals surface area contributed by atoms with Crippen LogP contribution >= 0.6 is 0 Å². The fraction of sp³-hybridized carbons (Fsp3) is 0.586. The number of hydrogen-bond acceptors (Lipinski definition) is 17. The maximum absolute atomic E-state index is 14.8. The molecule has 1 saturated heterocycles. The molecule has 0 radical (unpaired) electrons. The number of rotatable bonds is 39. The number of ketones is 3. The number of aromatic hydroxyl groups is 2. The summed E-state index contributed by atoms with van der Waals surface area (Å²) in [5, 5.41) is 33.4. The van der Waals surface area contributed by atoms with Gasteiger partial charge in [0, 0.05) is 26.1 Å². The van der Waals surface area contributed by atoms with Gasteiger partial charge in [-0.15, -0.1) is 0 Å². The number of hydrazine groups is 1. The van der Waals surface area contributed by atoms with E-state index >= 15 is 0 Å². The molecule has 28 nitrogen and oxygen atoms in total. The normalized spacial score (nSPS) is 16.1. The number of nitrogens with one attached hydrogen (secondary N) is 7. The van der Waals surface area contributed by atoms with Gasteiger partial charge in [-0.2, -0.15) is 0 Å². The lowest BCUT2D eigenvalue weighted by molar-refractivity contribution is -0.143. The molecule has 1 aliphatic heterocycles. The van der Waals surface area contributed by atoms with Crippen LogP contribution in [0.25, 0.3) is 0 Å². The second kappa shape index (κ2) is 36.6. The summed E-state index contributed by atoms with van der Waals surface area (Å²) in [7, 11) is 0. The lowest BCUT2D eigenvalue weighted by atomic mass is 9.94. The molecule has 3 rings (SSSR count). The minimum Gasteiger partial charge on any atom is -0.508 e. The third-order valence-corrected chi connectivity index (χ3v) is 14.6. The molecule has 0 unspecified atom stereocenters. The number of phenols is 2. The van der Waals surface area contributed by atoms with Crippen LogP contribution in [0.4, 0.5) is 0 Å². The molecule has 2 aromatic carbocycles. The van der Waals surface area contributed by atoms with Gasteiger partial charge in [-0.25, -0.2) is 10.9 Å². The summed E-state index contributed by atoms with van der Waals surface area (Å²) in [4.78, 5) is 148. The number of likely N-dealkylation sites (tertiary alicyclic amines) is 1. The van der Waals surface area contributed by atoms with Crippen LogP contribution in [0, 0.1) is 11.8 Å².